The highest BCUT2D eigenvalue weighted by Crippen LogP contribution is 2.48. The van der Waals surface area contributed by atoms with E-state index < -0.39 is 0 Å². The van der Waals surface area contributed by atoms with Crippen LogP contribution >= 0.6 is 0 Å². The zero-order valence-corrected chi connectivity index (χ0v) is 9.35. The molecular weight excluding hydrogens is 200 g/mol. The number of nitrogens with zero attached hydrogens (tertiary/aromatic N) is 1. The zero-order chi connectivity index (χ0) is 11.5. The van der Waals surface area contributed by atoms with Gasteiger partial charge in [-0.1, -0.05) is 42.4 Å². The molecule has 0 amide bonds. The summed E-state index contributed by atoms with van der Waals surface area (Å²) in [5.41, 5.74) is 2.29. The largest absolute Gasteiger partial charge is 0.411 e. The monoisotopic (exact) mass is 216 g/mol. The fourth-order valence-electron chi connectivity index (χ4n) is 2.11. The first-order valence-corrected chi connectivity index (χ1v) is 5.62. The number of hydrogen-bond acceptors (Lipinski definition) is 3. The van der Waals surface area contributed by atoms with E-state index in [2.05, 4.69) is 17.3 Å². The van der Waals surface area contributed by atoms with Crippen LogP contribution in [0.5, 0.6) is 0 Å². The Labute approximate surface area is 95.3 Å². The summed E-state index contributed by atoms with van der Waals surface area (Å²) < 4.78 is 0. The molecule has 0 spiro atoms. The third kappa shape index (κ3) is 1.98. The lowest BCUT2D eigenvalue weighted by Gasteiger charge is -2.03. The van der Waals surface area contributed by atoms with E-state index in [0.717, 1.165) is 6.42 Å². The number of rotatable bonds is 4. The van der Waals surface area contributed by atoms with E-state index in [0.29, 0.717) is 23.8 Å². The lowest BCUT2D eigenvalue weighted by molar-refractivity contribution is 0.318. The highest BCUT2D eigenvalue weighted by atomic mass is 16.4. The molecule has 0 radical (unpaired) electrons. The smallest absolute Gasteiger partial charge is 0.104 e. The van der Waals surface area contributed by atoms with Gasteiger partial charge in [-0.3, -0.25) is 0 Å². The Kier molecular flexibility index (Phi) is 3.04. The summed E-state index contributed by atoms with van der Waals surface area (Å²) in [7, 11) is 0. The van der Waals surface area contributed by atoms with Gasteiger partial charge in [-0.25, -0.2) is 0 Å². The van der Waals surface area contributed by atoms with Crippen molar-refractivity contribution in [3.8, 4) is 0 Å². The van der Waals surface area contributed by atoms with Gasteiger partial charge in [0.25, 0.3) is 0 Å². The molecule has 1 fully saturated rings. The standard InChI is InChI=1S/C13H16N2O/c1-2-12(14)13(15-16)11-8-10(11)9-6-4-3-5-7-9/h3-7,10-11,14,16H,2,8H2,1H3/t10-,11+/m0/s1. The highest BCUT2D eigenvalue weighted by molar-refractivity contribution is 6.42. The zero-order valence-electron chi connectivity index (χ0n) is 9.35. The second-order valence-corrected chi connectivity index (χ2v) is 4.18. The lowest BCUT2D eigenvalue weighted by atomic mass is 10.0. The SMILES string of the molecule is CCC(=N)C(=NO)[C@@H]1C[C@H]1c1ccccc1. The molecule has 2 atom stereocenters. The molecular formula is C13H16N2O. The van der Waals surface area contributed by atoms with Crippen molar-refractivity contribution in [2.75, 3.05) is 0 Å². The van der Waals surface area contributed by atoms with E-state index in [1.807, 2.05) is 25.1 Å². The van der Waals surface area contributed by atoms with Gasteiger partial charge in [0.2, 0.25) is 0 Å². The van der Waals surface area contributed by atoms with Crippen LogP contribution in [0.3, 0.4) is 0 Å². The van der Waals surface area contributed by atoms with Crippen molar-refractivity contribution in [3.05, 3.63) is 35.9 Å². The van der Waals surface area contributed by atoms with Crippen molar-refractivity contribution < 1.29 is 5.21 Å². The van der Waals surface area contributed by atoms with E-state index in [9.17, 15) is 0 Å². The molecule has 0 aromatic heterocycles. The van der Waals surface area contributed by atoms with E-state index in [1.54, 1.807) is 0 Å². The fourth-order valence-corrected chi connectivity index (χ4v) is 2.11. The minimum Gasteiger partial charge on any atom is -0.411 e. The topological polar surface area (TPSA) is 56.4 Å². The Bertz CT molecular complexity index is 411. The number of nitrogens with one attached hydrogen (secondary N) is 1. The second kappa shape index (κ2) is 4.47. The van der Waals surface area contributed by atoms with Crippen LogP contribution in [0, 0.1) is 11.3 Å². The van der Waals surface area contributed by atoms with Gasteiger partial charge in [0.15, 0.2) is 0 Å². The van der Waals surface area contributed by atoms with Crippen molar-refractivity contribution in [1.29, 1.82) is 5.41 Å². The Morgan fingerprint density at radius 3 is 2.69 bits per heavy atom. The number of hydrogen-bond donors (Lipinski definition) is 2. The van der Waals surface area contributed by atoms with E-state index >= 15 is 0 Å². The van der Waals surface area contributed by atoms with Gasteiger partial charge in [0.1, 0.15) is 5.71 Å². The van der Waals surface area contributed by atoms with Gasteiger partial charge >= 0.3 is 0 Å². The molecule has 0 heterocycles. The minimum atomic E-state index is 0.236. The van der Waals surface area contributed by atoms with Gasteiger partial charge in [-0.15, -0.1) is 0 Å². The van der Waals surface area contributed by atoms with Crippen molar-refractivity contribution in [2.24, 2.45) is 11.1 Å². The summed E-state index contributed by atoms with van der Waals surface area (Å²) in [6, 6.07) is 10.2. The first-order chi connectivity index (χ1) is 7.77. The molecule has 1 aliphatic rings. The Morgan fingerprint density at radius 1 is 1.44 bits per heavy atom. The second-order valence-electron chi connectivity index (χ2n) is 4.18. The molecule has 1 saturated carbocycles. The van der Waals surface area contributed by atoms with Crippen LogP contribution in [0.25, 0.3) is 0 Å². The summed E-state index contributed by atoms with van der Waals surface area (Å²) in [4.78, 5) is 0. The van der Waals surface area contributed by atoms with Crippen molar-refractivity contribution in [1.82, 2.24) is 0 Å². The Morgan fingerprint density at radius 2 is 2.12 bits per heavy atom. The van der Waals surface area contributed by atoms with Crippen LogP contribution in [0.15, 0.2) is 35.5 Å². The molecule has 16 heavy (non-hydrogen) atoms. The fraction of sp³-hybridized carbons (Fsp3) is 0.385. The van der Waals surface area contributed by atoms with Crippen molar-refractivity contribution in [2.45, 2.75) is 25.7 Å². The van der Waals surface area contributed by atoms with E-state index in [1.165, 1.54) is 5.56 Å². The molecule has 2 N–H and O–H groups in total. The molecule has 2 rings (SSSR count). The molecule has 84 valence electrons. The predicted octanol–water partition coefficient (Wildman–Crippen LogP) is 3.05. The van der Waals surface area contributed by atoms with Crippen LogP contribution in [0.4, 0.5) is 0 Å². The van der Waals surface area contributed by atoms with Gasteiger partial charge in [0, 0.05) is 5.92 Å². The maximum Gasteiger partial charge on any atom is 0.104 e. The quantitative estimate of drug-likeness (QED) is 0.453. The van der Waals surface area contributed by atoms with Gasteiger partial charge in [-0.05, 0) is 24.3 Å². The summed E-state index contributed by atoms with van der Waals surface area (Å²) in [5, 5.41) is 20.0. The first-order valence-electron chi connectivity index (χ1n) is 5.62. The van der Waals surface area contributed by atoms with Crippen LogP contribution in [0.1, 0.15) is 31.2 Å². The Balaban J connectivity index is 2.09. The molecule has 3 nitrogen and oxygen atoms in total. The average Bonchev–Trinajstić information content (AvgIpc) is 3.11. The van der Waals surface area contributed by atoms with Gasteiger partial charge < -0.3 is 10.6 Å². The summed E-state index contributed by atoms with van der Waals surface area (Å²) in [5.74, 6) is 0.666. The number of benzene rings is 1. The van der Waals surface area contributed by atoms with Crippen LogP contribution in [-0.4, -0.2) is 16.6 Å². The molecule has 0 unspecified atom stereocenters. The third-order valence-corrected chi connectivity index (χ3v) is 3.14. The number of oxime groups is 1. The summed E-state index contributed by atoms with van der Waals surface area (Å²) in [6.45, 7) is 1.91. The predicted molar refractivity (Wildman–Crippen MR) is 64.5 cm³/mol. The molecule has 0 saturated heterocycles. The summed E-state index contributed by atoms with van der Waals surface area (Å²) in [6.07, 6.45) is 1.61. The van der Waals surface area contributed by atoms with Crippen molar-refractivity contribution in [3.63, 3.8) is 0 Å². The lowest BCUT2D eigenvalue weighted by Crippen LogP contribution is -2.15. The maximum atomic E-state index is 8.95. The Hall–Kier alpha value is -1.64. The molecule has 3 heteroatoms. The normalized spacial score (nSPS) is 24.2. The van der Waals surface area contributed by atoms with Crippen LogP contribution in [0.2, 0.25) is 0 Å². The van der Waals surface area contributed by atoms with Gasteiger partial charge in [0.05, 0.1) is 5.71 Å². The van der Waals surface area contributed by atoms with Crippen LogP contribution in [-0.2, 0) is 0 Å². The molecule has 1 aliphatic carbocycles. The van der Waals surface area contributed by atoms with E-state index in [4.69, 9.17) is 10.6 Å². The molecule has 1 aromatic rings. The van der Waals surface area contributed by atoms with Crippen LogP contribution < -0.4 is 0 Å². The van der Waals surface area contributed by atoms with E-state index in [-0.39, 0.29) is 5.92 Å². The highest BCUT2D eigenvalue weighted by Gasteiger charge is 2.43. The first kappa shape index (κ1) is 10.9. The summed E-state index contributed by atoms with van der Waals surface area (Å²) >= 11 is 0. The van der Waals surface area contributed by atoms with Gasteiger partial charge in [-0.2, -0.15) is 0 Å². The minimum absolute atomic E-state index is 0.236. The molecule has 0 aliphatic heterocycles. The van der Waals surface area contributed by atoms with Crippen molar-refractivity contribution >= 4 is 11.4 Å². The maximum absolute atomic E-state index is 8.95. The molecule has 1 aromatic carbocycles. The molecule has 0 bridgehead atoms. The third-order valence-electron chi connectivity index (χ3n) is 3.14. The average molecular weight is 216 g/mol.